The number of carbonyl (C=O) groups is 2. The molecule has 0 spiro atoms. The Bertz CT molecular complexity index is 845. The Morgan fingerprint density at radius 1 is 1.07 bits per heavy atom. The summed E-state index contributed by atoms with van der Waals surface area (Å²) in [6.07, 6.45) is 2.21. The molecule has 2 aromatic carbocycles. The molecule has 3 rings (SSSR count). The highest BCUT2D eigenvalue weighted by Crippen LogP contribution is 2.25. The molecule has 0 radical (unpaired) electrons. The van der Waals surface area contributed by atoms with E-state index in [2.05, 4.69) is 24.7 Å². The van der Waals surface area contributed by atoms with E-state index in [4.69, 9.17) is 14.2 Å². The van der Waals surface area contributed by atoms with Gasteiger partial charge in [-0.3, -0.25) is 20.4 Å². The van der Waals surface area contributed by atoms with Gasteiger partial charge in [0.05, 0.1) is 6.10 Å². The quantitative estimate of drug-likeness (QED) is 0.651. The van der Waals surface area contributed by atoms with Gasteiger partial charge in [0.2, 0.25) is 0 Å². The van der Waals surface area contributed by atoms with Gasteiger partial charge in [0.1, 0.15) is 18.1 Å². The fourth-order valence-electron chi connectivity index (χ4n) is 3.13. The Hall–Kier alpha value is -3.06. The average Bonchev–Trinajstić information content (AvgIpc) is 3.29. The zero-order valence-electron chi connectivity index (χ0n) is 17.4. The summed E-state index contributed by atoms with van der Waals surface area (Å²) in [4.78, 5) is 24.2. The molecule has 7 nitrogen and oxygen atoms in total. The van der Waals surface area contributed by atoms with Crippen molar-refractivity contribution in [2.24, 2.45) is 0 Å². The Morgan fingerprint density at radius 2 is 1.83 bits per heavy atom. The maximum absolute atomic E-state index is 12.2. The fraction of sp³-hybridized carbons (Fsp3) is 0.391. The molecular formula is C23H28N2O5. The van der Waals surface area contributed by atoms with Crippen molar-refractivity contribution in [1.29, 1.82) is 0 Å². The number of amides is 2. The fourth-order valence-corrected chi connectivity index (χ4v) is 3.13. The highest BCUT2D eigenvalue weighted by atomic mass is 16.5. The SMILES string of the molecule is CC(C)c1ccccc1OCC(=O)NNC(=O)c1ccc(OCC2CCCO2)cc1. The average molecular weight is 412 g/mol. The molecule has 30 heavy (non-hydrogen) atoms. The number of benzene rings is 2. The summed E-state index contributed by atoms with van der Waals surface area (Å²) >= 11 is 0. The molecule has 1 unspecified atom stereocenters. The Kier molecular flexibility index (Phi) is 7.68. The van der Waals surface area contributed by atoms with Gasteiger partial charge in [-0.1, -0.05) is 32.0 Å². The molecule has 2 N–H and O–H groups in total. The third kappa shape index (κ3) is 6.22. The number of ether oxygens (including phenoxy) is 3. The van der Waals surface area contributed by atoms with Crippen molar-refractivity contribution in [3.8, 4) is 11.5 Å². The second-order valence-corrected chi connectivity index (χ2v) is 7.45. The number of nitrogens with one attached hydrogen (secondary N) is 2. The van der Waals surface area contributed by atoms with Crippen LogP contribution in [0.3, 0.4) is 0 Å². The van der Waals surface area contributed by atoms with E-state index in [1.54, 1.807) is 24.3 Å². The third-order valence-electron chi connectivity index (χ3n) is 4.79. The molecule has 1 fully saturated rings. The molecule has 0 saturated carbocycles. The van der Waals surface area contributed by atoms with E-state index in [-0.39, 0.29) is 18.6 Å². The topological polar surface area (TPSA) is 85.9 Å². The summed E-state index contributed by atoms with van der Waals surface area (Å²) in [5.74, 6) is 0.743. The molecule has 1 heterocycles. The zero-order valence-corrected chi connectivity index (χ0v) is 17.4. The normalized spacial score (nSPS) is 15.6. The summed E-state index contributed by atoms with van der Waals surface area (Å²) in [5, 5.41) is 0. The summed E-state index contributed by atoms with van der Waals surface area (Å²) < 4.78 is 16.8. The van der Waals surface area contributed by atoms with Crippen molar-refractivity contribution in [1.82, 2.24) is 10.9 Å². The molecule has 7 heteroatoms. The molecule has 1 aliphatic rings. The molecule has 1 atom stereocenters. The Labute approximate surface area is 176 Å². The lowest BCUT2D eigenvalue weighted by Crippen LogP contribution is -2.43. The molecule has 160 valence electrons. The number of carbonyl (C=O) groups excluding carboxylic acids is 2. The third-order valence-corrected chi connectivity index (χ3v) is 4.79. The highest BCUT2D eigenvalue weighted by molar-refractivity contribution is 5.95. The number of para-hydroxylation sites is 1. The van der Waals surface area contributed by atoms with E-state index >= 15 is 0 Å². The maximum Gasteiger partial charge on any atom is 0.276 e. The molecule has 0 aromatic heterocycles. The maximum atomic E-state index is 12.2. The molecular weight excluding hydrogens is 384 g/mol. The first-order valence-corrected chi connectivity index (χ1v) is 10.2. The minimum absolute atomic E-state index is 0.137. The van der Waals surface area contributed by atoms with Crippen LogP contribution in [0.5, 0.6) is 11.5 Å². The minimum atomic E-state index is -0.446. The van der Waals surface area contributed by atoms with Crippen LogP contribution in [0, 0.1) is 0 Å². The van der Waals surface area contributed by atoms with Crippen molar-refractivity contribution in [3.05, 3.63) is 59.7 Å². The smallest absolute Gasteiger partial charge is 0.276 e. The van der Waals surface area contributed by atoms with E-state index in [9.17, 15) is 9.59 Å². The monoisotopic (exact) mass is 412 g/mol. The van der Waals surface area contributed by atoms with Crippen LogP contribution in [0.15, 0.2) is 48.5 Å². The lowest BCUT2D eigenvalue weighted by atomic mass is 10.0. The van der Waals surface area contributed by atoms with Crippen LogP contribution < -0.4 is 20.3 Å². The predicted molar refractivity (Wildman–Crippen MR) is 113 cm³/mol. The summed E-state index contributed by atoms with van der Waals surface area (Å²) in [6.45, 7) is 5.21. The zero-order chi connectivity index (χ0) is 21.3. The molecule has 0 aliphatic carbocycles. The van der Waals surface area contributed by atoms with Crippen LogP contribution in [0.1, 0.15) is 48.5 Å². The van der Waals surface area contributed by atoms with Gasteiger partial charge in [-0.25, -0.2) is 0 Å². The predicted octanol–water partition coefficient (Wildman–Crippen LogP) is 3.21. The first-order chi connectivity index (χ1) is 14.5. The summed E-state index contributed by atoms with van der Waals surface area (Å²) in [7, 11) is 0. The molecule has 0 bridgehead atoms. The minimum Gasteiger partial charge on any atom is -0.491 e. The van der Waals surface area contributed by atoms with Crippen molar-refractivity contribution in [2.45, 2.75) is 38.7 Å². The first-order valence-electron chi connectivity index (χ1n) is 10.2. The number of hydrazine groups is 1. The van der Waals surface area contributed by atoms with E-state index in [1.165, 1.54) is 0 Å². The van der Waals surface area contributed by atoms with Crippen molar-refractivity contribution in [3.63, 3.8) is 0 Å². The van der Waals surface area contributed by atoms with Gasteiger partial charge in [-0.05, 0) is 54.7 Å². The van der Waals surface area contributed by atoms with Crippen LogP contribution in [0.25, 0.3) is 0 Å². The van der Waals surface area contributed by atoms with Crippen LogP contribution in [0.2, 0.25) is 0 Å². The van der Waals surface area contributed by atoms with Gasteiger partial charge < -0.3 is 14.2 Å². The molecule has 1 aliphatic heterocycles. The summed E-state index contributed by atoms with van der Waals surface area (Å²) in [5.41, 5.74) is 6.19. The summed E-state index contributed by atoms with van der Waals surface area (Å²) in [6, 6.07) is 14.3. The van der Waals surface area contributed by atoms with E-state index in [0.29, 0.717) is 23.7 Å². The van der Waals surface area contributed by atoms with Gasteiger partial charge in [-0.15, -0.1) is 0 Å². The first kappa shape index (κ1) is 21.6. The van der Waals surface area contributed by atoms with E-state index < -0.39 is 11.8 Å². The lowest BCUT2D eigenvalue weighted by Gasteiger charge is -2.14. The molecule has 2 amide bonds. The second-order valence-electron chi connectivity index (χ2n) is 7.45. The standard InChI is InChI=1S/C23H28N2O5/c1-16(2)20-7-3-4-8-21(20)30-15-22(26)24-25-23(27)17-9-11-18(12-10-17)29-14-19-6-5-13-28-19/h3-4,7-12,16,19H,5-6,13-15H2,1-2H3,(H,24,26)(H,25,27). The highest BCUT2D eigenvalue weighted by Gasteiger charge is 2.16. The second kappa shape index (κ2) is 10.6. The van der Waals surface area contributed by atoms with Crippen LogP contribution in [-0.2, 0) is 9.53 Å². The molecule has 1 saturated heterocycles. The van der Waals surface area contributed by atoms with Gasteiger partial charge in [0, 0.05) is 12.2 Å². The number of hydrogen-bond donors (Lipinski definition) is 2. The van der Waals surface area contributed by atoms with Crippen LogP contribution in [-0.4, -0.2) is 37.7 Å². The largest absolute Gasteiger partial charge is 0.491 e. The van der Waals surface area contributed by atoms with E-state index in [0.717, 1.165) is 25.0 Å². The lowest BCUT2D eigenvalue weighted by molar-refractivity contribution is -0.123. The van der Waals surface area contributed by atoms with Gasteiger partial charge in [0.25, 0.3) is 11.8 Å². The van der Waals surface area contributed by atoms with Gasteiger partial charge in [-0.2, -0.15) is 0 Å². The Balaban J connectivity index is 1.41. The Morgan fingerprint density at radius 3 is 2.53 bits per heavy atom. The van der Waals surface area contributed by atoms with Crippen molar-refractivity contribution >= 4 is 11.8 Å². The van der Waals surface area contributed by atoms with Crippen molar-refractivity contribution in [2.75, 3.05) is 19.8 Å². The van der Waals surface area contributed by atoms with Gasteiger partial charge in [0.15, 0.2) is 6.61 Å². The molecule has 2 aromatic rings. The van der Waals surface area contributed by atoms with E-state index in [1.807, 2.05) is 24.3 Å². The van der Waals surface area contributed by atoms with Crippen molar-refractivity contribution < 1.29 is 23.8 Å². The van der Waals surface area contributed by atoms with Crippen LogP contribution in [0.4, 0.5) is 0 Å². The van der Waals surface area contributed by atoms with Gasteiger partial charge >= 0.3 is 0 Å². The number of hydrogen-bond acceptors (Lipinski definition) is 5. The number of rotatable bonds is 8. The van der Waals surface area contributed by atoms with Crippen LogP contribution >= 0.6 is 0 Å².